The molecule has 0 aliphatic carbocycles. The van der Waals surface area contributed by atoms with E-state index in [1.807, 2.05) is 35.9 Å². The van der Waals surface area contributed by atoms with E-state index < -0.39 is 0 Å². The number of likely N-dealkylation sites (tertiary alicyclic amines) is 2. The van der Waals surface area contributed by atoms with Crippen molar-refractivity contribution in [3.05, 3.63) is 47.3 Å². The minimum atomic E-state index is -0.00410. The van der Waals surface area contributed by atoms with E-state index in [9.17, 15) is 9.59 Å². The summed E-state index contributed by atoms with van der Waals surface area (Å²) in [6.07, 6.45) is 3.47. The van der Waals surface area contributed by atoms with Crippen molar-refractivity contribution < 1.29 is 14.3 Å². The van der Waals surface area contributed by atoms with Crippen molar-refractivity contribution in [2.75, 3.05) is 20.2 Å². The molecule has 29 heavy (non-hydrogen) atoms. The zero-order valence-corrected chi connectivity index (χ0v) is 17.5. The van der Waals surface area contributed by atoms with Gasteiger partial charge in [0.25, 0.3) is 5.91 Å². The number of fused-ring (bicyclic) bond motifs is 1. The summed E-state index contributed by atoms with van der Waals surface area (Å²) in [6.45, 7) is 4.89. The molecule has 0 unspecified atom stereocenters. The molecule has 3 atom stereocenters. The Morgan fingerprint density at radius 3 is 2.48 bits per heavy atom. The number of carbonyl (C=O) groups excluding carboxylic acids is 2. The highest BCUT2D eigenvalue weighted by Gasteiger charge is 2.49. The number of benzene rings is 1. The van der Waals surface area contributed by atoms with E-state index in [2.05, 4.69) is 17.2 Å². The molecule has 3 heterocycles. The highest BCUT2D eigenvalue weighted by atomic mass is 16.5. The van der Waals surface area contributed by atoms with Crippen LogP contribution >= 0.6 is 0 Å². The first-order chi connectivity index (χ1) is 13.9. The fraction of sp³-hybridized carbons (Fsp3) is 0.500. The van der Waals surface area contributed by atoms with Gasteiger partial charge in [-0.1, -0.05) is 12.1 Å². The van der Waals surface area contributed by atoms with Gasteiger partial charge in [-0.2, -0.15) is 5.10 Å². The van der Waals surface area contributed by atoms with Crippen LogP contribution in [0.2, 0.25) is 0 Å². The quantitative estimate of drug-likeness (QED) is 0.799. The Morgan fingerprint density at radius 1 is 1.17 bits per heavy atom. The van der Waals surface area contributed by atoms with Crippen LogP contribution in [0.15, 0.2) is 30.5 Å². The fourth-order valence-corrected chi connectivity index (χ4v) is 4.90. The third-order valence-corrected chi connectivity index (χ3v) is 6.53. The summed E-state index contributed by atoms with van der Waals surface area (Å²) in [7, 11) is 3.49. The number of hydrogen-bond acceptors (Lipinski definition) is 4. The minimum Gasteiger partial charge on any atom is -0.497 e. The largest absolute Gasteiger partial charge is 0.497 e. The first-order valence-electron chi connectivity index (χ1n) is 10.1. The molecule has 0 spiro atoms. The van der Waals surface area contributed by atoms with Crippen LogP contribution in [-0.2, 0) is 11.8 Å². The highest BCUT2D eigenvalue weighted by Crippen LogP contribution is 2.41. The number of nitrogens with zero attached hydrogens (tertiary/aromatic N) is 4. The Hall–Kier alpha value is -2.83. The number of amides is 2. The summed E-state index contributed by atoms with van der Waals surface area (Å²) in [5.74, 6) is 0.961. The topological polar surface area (TPSA) is 67.7 Å². The molecule has 2 aliphatic heterocycles. The number of ether oxygens (including phenoxy) is 1. The van der Waals surface area contributed by atoms with Crippen molar-refractivity contribution >= 4 is 11.8 Å². The Bertz CT molecular complexity index is 921. The number of aromatic nitrogens is 2. The molecule has 2 aromatic rings. The van der Waals surface area contributed by atoms with E-state index in [1.54, 1.807) is 24.9 Å². The number of carbonyl (C=O) groups is 2. The number of aryl methyl sites for hydroxylation is 1. The molecule has 0 N–H and O–H groups in total. The molecule has 2 saturated heterocycles. The maximum Gasteiger partial charge on any atom is 0.257 e. The third-order valence-electron chi connectivity index (χ3n) is 6.53. The molecule has 7 heteroatoms. The van der Waals surface area contributed by atoms with Crippen molar-refractivity contribution in [3.63, 3.8) is 0 Å². The molecular formula is C22H28N4O3. The lowest BCUT2D eigenvalue weighted by Crippen LogP contribution is -2.53. The van der Waals surface area contributed by atoms with Crippen LogP contribution in [0.5, 0.6) is 5.75 Å². The van der Waals surface area contributed by atoms with Crippen molar-refractivity contribution in [1.29, 1.82) is 0 Å². The maximum absolute atomic E-state index is 13.4. The Labute approximate surface area is 171 Å². The summed E-state index contributed by atoms with van der Waals surface area (Å²) >= 11 is 0. The molecule has 1 aromatic heterocycles. The predicted molar refractivity (Wildman–Crippen MR) is 109 cm³/mol. The Morgan fingerprint density at radius 2 is 1.90 bits per heavy atom. The second-order valence-electron chi connectivity index (χ2n) is 8.02. The number of rotatable bonds is 3. The van der Waals surface area contributed by atoms with Crippen LogP contribution in [0.4, 0.5) is 0 Å². The molecule has 0 radical (unpaired) electrons. The van der Waals surface area contributed by atoms with E-state index in [4.69, 9.17) is 4.74 Å². The smallest absolute Gasteiger partial charge is 0.257 e. The standard InChI is InChI=1S/C22H28N4O3/c1-14-18(12-23-24(14)3)22(28)26-13-19(16-7-9-17(29-4)10-8-16)21-20(26)6-5-11-25(21)15(2)27/h7-10,12,19-21H,5-6,11,13H2,1-4H3/t19-,20-,21-/m1/s1. The second kappa shape index (κ2) is 7.54. The van der Waals surface area contributed by atoms with Gasteiger partial charge in [0.15, 0.2) is 0 Å². The van der Waals surface area contributed by atoms with Gasteiger partial charge in [-0.25, -0.2) is 0 Å². The average Bonchev–Trinajstić information content (AvgIpc) is 3.28. The van der Waals surface area contributed by atoms with Crippen LogP contribution < -0.4 is 4.74 Å². The molecule has 2 fully saturated rings. The zero-order valence-electron chi connectivity index (χ0n) is 17.5. The molecule has 154 valence electrons. The van der Waals surface area contributed by atoms with Gasteiger partial charge in [-0.05, 0) is 37.5 Å². The summed E-state index contributed by atoms with van der Waals surface area (Å²) < 4.78 is 7.02. The first-order valence-corrected chi connectivity index (χ1v) is 10.1. The SMILES string of the molecule is COc1ccc([C@H]2CN(C(=O)c3cnn(C)c3C)[C@@H]3CCCN(C(C)=O)[C@H]23)cc1. The molecule has 0 saturated carbocycles. The number of hydrogen-bond donors (Lipinski definition) is 0. The van der Waals surface area contributed by atoms with Gasteiger partial charge >= 0.3 is 0 Å². The van der Waals surface area contributed by atoms with Crippen LogP contribution in [0.1, 0.15) is 47.3 Å². The van der Waals surface area contributed by atoms with Gasteiger partial charge in [-0.15, -0.1) is 0 Å². The highest BCUT2D eigenvalue weighted by molar-refractivity contribution is 5.95. The average molecular weight is 396 g/mol. The van der Waals surface area contributed by atoms with E-state index in [0.29, 0.717) is 12.1 Å². The number of methoxy groups -OCH3 is 1. The van der Waals surface area contributed by atoms with Crippen LogP contribution in [0.3, 0.4) is 0 Å². The van der Waals surface area contributed by atoms with E-state index >= 15 is 0 Å². The predicted octanol–water partition coefficient (Wildman–Crippen LogP) is 2.36. The van der Waals surface area contributed by atoms with Gasteiger partial charge in [0.05, 0.1) is 31.0 Å². The lowest BCUT2D eigenvalue weighted by atomic mass is 9.86. The van der Waals surface area contributed by atoms with Gasteiger partial charge in [0, 0.05) is 38.7 Å². The monoisotopic (exact) mass is 396 g/mol. The molecule has 0 bridgehead atoms. The normalized spacial score (nSPS) is 23.8. The third kappa shape index (κ3) is 3.28. The molecular weight excluding hydrogens is 368 g/mol. The molecule has 4 rings (SSSR count). The van der Waals surface area contributed by atoms with Crippen molar-refractivity contribution in [2.45, 2.75) is 44.7 Å². The second-order valence-corrected chi connectivity index (χ2v) is 8.02. The van der Waals surface area contributed by atoms with Gasteiger partial charge in [0.2, 0.25) is 5.91 Å². The lowest BCUT2D eigenvalue weighted by Gasteiger charge is -2.41. The maximum atomic E-state index is 13.4. The van der Waals surface area contributed by atoms with Crippen molar-refractivity contribution in [3.8, 4) is 5.75 Å². The van der Waals surface area contributed by atoms with Crippen molar-refractivity contribution in [1.82, 2.24) is 19.6 Å². The summed E-state index contributed by atoms with van der Waals surface area (Å²) in [5.41, 5.74) is 2.63. The van der Waals surface area contributed by atoms with E-state index in [-0.39, 0.29) is 29.8 Å². The van der Waals surface area contributed by atoms with E-state index in [0.717, 1.165) is 36.4 Å². The molecule has 2 amide bonds. The van der Waals surface area contributed by atoms with Crippen molar-refractivity contribution in [2.24, 2.45) is 7.05 Å². The Balaban J connectivity index is 1.71. The molecule has 7 nitrogen and oxygen atoms in total. The van der Waals surface area contributed by atoms with Gasteiger partial charge < -0.3 is 14.5 Å². The summed E-state index contributed by atoms with van der Waals surface area (Å²) in [6, 6.07) is 8.01. The van der Waals surface area contributed by atoms with Gasteiger partial charge in [-0.3, -0.25) is 14.3 Å². The molecule has 2 aliphatic rings. The van der Waals surface area contributed by atoms with Gasteiger partial charge in [0.1, 0.15) is 5.75 Å². The van der Waals surface area contributed by atoms with E-state index in [1.165, 1.54) is 0 Å². The summed E-state index contributed by atoms with van der Waals surface area (Å²) in [5, 5.41) is 4.24. The lowest BCUT2D eigenvalue weighted by molar-refractivity contribution is -0.133. The summed E-state index contributed by atoms with van der Waals surface area (Å²) in [4.78, 5) is 29.8. The Kier molecular flexibility index (Phi) is 5.06. The van der Waals surface area contributed by atoms with Crippen LogP contribution in [-0.4, -0.2) is 63.7 Å². The van der Waals surface area contributed by atoms with Crippen LogP contribution in [0.25, 0.3) is 0 Å². The van der Waals surface area contributed by atoms with Crippen LogP contribution in [0, 0.1) is 6.92 Å². The molecule has 1 aromatic carbocycles. The fourth-order valence-electron chi connectivity index (χ4n) is 4.90. The zero-order chi connectivity index (χ0) is 20.7. The number of piperidine rings is 1. The minimum absolute atomic E-state index is 0.00410. The first kappa shape index (κ1) is 19.5.